The molecule has 0 N–H and O–H groups in total. The summed E-state index contributed by atoms with van der Waals surface area (Å²) < 4.78 is 17.3. The van der Waals surface area contributed by atoms with Crippen LogP contribution in [0.25, 0.3) is 0 Å². The number of hydrogen-bond donors (Lipinski definition) is 0. The van der Waals surface area contributed by atoms with Crippen molar-refractivity contribution in [2.45, 2.75) is 56.5 Å². The maximum absolute atomic E-state index is 11.3. The number of carbonyl (C=O) groups is 1. The van der Waals surface area contributed by atoms with Gasteiger partial charge in [-0.25, -0.2) is 0 Å². The first kappa shape index (κ1) is 11.2. The Kier molecular flexibility index (Phi) is 2.92. The van der Waals surface area contributed by atoms with Gasteiger partial charge in [0.15, 0.2) is 11.6 Å². The molecule has 0 aromatic carbocycles. The smallest absolute Gasteiger partial charge is 0.169 e. The Labute approximate surface area is 101 Å². The minimum atomic E-state index is -0.378. The van der Waals surface area contributed by atoms with E-state index in [1.165, 1.54) is 18.8 Å². The van der Waals surface area contributed by atoms with Crippen LogP contribution in [-0.2, 0) is 19.0 Å². The molecule has 4 heteroatoms. The van der Waals surface area contributed by atoms with Crippen LogP contribution in [0.15, 0.2) is 12.3 Å². The molecule has 0 aromatic heterocycles. The SMILES string of the molecule is O=C1C=CO[C@H]([C@H]2COC3(CCCCC3)O2)C1. The fourth-order valence-corrected chi connectivity index (χ4v) is 2.86. The van der Waals surface area contributed by atoms with E-state index in [0.717, 1.165) is 25.7 Å². The summed E-state index contributed by atoms with van der Waals surface area (Å²) in [5.41, 5.74) is 0. The van der Waals surface area contributed by atoms with Gasteiger partial charge in [-0.2, -0.15) is 0 Å². The lowest BCUT2D eigenvalue weighted by Gasteiger charge is -2.32. The predicted molar refractivity (Wildman–Crippen MR) is 60.3 cm³/mol. The lowest BCUT2D eigenvalue weighted by Crippen LogP contribution is -2.38. The van der Waals surface area contributed by atoms with Gasteiger partial charge in [-0.05, 0) is 12.8 Å². The van der Waals surface area contributed by atoms with Crippen molar-refractivity contribution < 1.29 is 19.0 Å². The lowest BCUT2D eigenvalue weighted by atomic mass is 9.94. The topological polar surface area (TPSA) is 44.8 Å². The first-order valence-electron chi connectivity index (χ1n) is 6.44. The lowest BCUT2D eigenvalue weighted by molar-refractivity contribution is -0.196. The molecule has 1 aliphatic carbocycles. The summed E-state index contributed by atoms with van der Waals surface area (Å²) in [5, 5.41) is 0. The third-order valence-electron chi connectivity index (χ3n) is 3.82. The van der Waals surface area contributed by atoms with Crippen LogP contribution in [0.2, 0.25) is 0 Å². The van der Waals surface area contributed by atoms with E-state index in [2.05, 4.69) is 0 Å². The summed E-state index contributed by atoms with van der Waals surface area (Å²) in [5.74, 6) is -0.273. The predicted octanol–water partition coefficient (Wildman–Crippen LogP) is 1.93. The summed E-state index contributed by atoms with van der Waals surface area (Å²) in [6, 6.07) is 0. The van der Waals surface area contributed by atoms with E-state index in [1.807, 2.05) is 0 Å². The highest BCUT2D eigenvalue weighted by atomic mass is 16.8. The van der Waals surface area contributed by atoms with Crippen LogP contribution in [0.4, 0.5) is 0 Å². The molecule has 0 unspecified atom stereocenters. The van der Waals surface area contributed by atoms with Crippen LogP contribution in [0, 0.1) is 0 Å². The van der Waals surface area contributed by atoms with Crippen molar-refractivity contribution in [3.8, 4) is 0 Å². The highest BCUT2D eigenvalue weighted by Crippen LogP contribution is 2.39. The van der Waals surface area contributed by atoms with Crippen LogP contribution in [0.3, 0.4) is 0 Å². The number of carbonyl (C=O) groups excluding carboxylic acids is 1. The van der Waals surface area contributed by atoms with E-state index in [9.17, 15) is 4.79 Å². The number of ketones is 1. The summed E-state index contributed by atoms with van der Waals surface area (Å²) in [4.78, 5) is 11.3. The van der Waals surface area contributed by atoms with Gasteiger partial charge < -0.3 is 14.2 Å². The zero-order valence-electron chi connectivity index (χ0n) is 9.89. The van der Waals surface area contributed by atoms with Crippen molar-refractivity contribution in [2.24, 2.45) is 0 Å². The fourth-order valence-electron chi connectivity index (χ4n) is 2.86. The van der Waals surface area contributed by atoms with E-state index in [-0.39, 0.29) is 23.8 Å². The Morgan fingerprint density at radius 3 is 2.76 bits per heavy atom. The Balaban J connectivity index is 1.63. The molecule has 0 radical (unpaired) electrons. The zero-order chi connectivity index (χ0) is 11.7. The monoisotopic (exact) mass is 238 g/mol. The van der Waals surface area contributed by atoms with Gasteiger partial charge in [0.2, 0.25) is 0 Å². The molecule has 94 valence electrons. The van der Waals surface area contributed by atoms with Crippen LogP contribution < -0.4 is 0 Å². The molecule has 2 fully saturated rings. The van der Waals surface area contributed by atoms with Crippen molar-refractivity contribution in [1.29, 1.82) is 0 Å². The Hall–Kier alpha value is -0.870. The molecule has 2 aliphatic heterocycles. The molecule has 3 rings (SSSR count). The number of allylic oxidation sites excluding steroid dienone is 1. The molecule has 17 heavy (non-hydrogen) atoms. The average molecular weight is 238 g/mol. The van der Waals surface area contributed by atoms with Crippen LogP contribution >= 0.6 is 0 Å². The molecule has 1 saturated heterocycles. The largest absolute Gasteiger partial charge is 0.495 e. The number of rotatable bonds is 1. The van der Waals surface area contributed by atoms with Crippen molar-refractivity contribution in [1.82, 2.24) is 0 Å². The van der Waals surface area contributed by atoms with E-state index in [1.54, 1.807) is 0 Å². The van der Waals surface area contributed by atoms with E-state index >= 15 is 0 Å². The summed E-state index contributed by atoms with van der Waals surface area (Å²) in [6.45, 7) is 0.547. The first-order valence-corrected chi connectivity index (χ1v) is 6.44. The minimum absolute atomic E-state index is 0.0954. The van der Waals surface area contributed by atoms with Crippen molar-refractivity contribution in [3.05, 3.63) is 12.3 Å². The maximum Gasteiger partial charge on any atom is 0.169 e. The van der Waals surface area contributed by atoms with Crippen LogP contribution in [0.1, 0.15) is 38.5 Å². The van der Waals surface area contributed by atoms with Crippen LogP contribution in [0.5, 0.6) is 0 Å². The molecular formula is C13H18O4. The van der Waals surface area contributed by atoms with Gasteiger partial charge in [0.05, 0.1) is 19.3 Å². The molecule has 4 nitrogen and oxygen atoms in total. The van der Waals surface area contributed by atoms with E-state index in [0.29, 0.717) is 13.0 Å². The van der Waals surface area contributed by atoms with Crippen molar-refractivity contribution in [2.75, 3.05) is 6.61 Å². The Morgan fingerprint density at radius 2 is 2.00 bits per heavy atom. The number of ether oxygens (including phenoxy) is 3. The van der Waals surface area contributed by atoms with Crippen LogP contribution in [-0.4, -0.2) is 30.4 Å². The van der Waals surface area contributed by atoms with Gasteiger partial charge in [0.1, 0.15) is 12.2 Å². The zero-order valence-corrected chi connectivity index (χ0v) is 9.89. The molecule has 0 bridgehead atoms. The molecule has 3 aliphatic rings. The van der Waals surface area contributed by atoms with Gasteiger partial charge in [0, 0.05) is 18.9 Å². The average Bonchev–Trinajstić information content (AvgIpc) is 2.74. The van der Waals surface area contributed by atoms with Gasteiger partial charge >= 0.3 is 0 Å². The third kappa shape index (κ3) is 2.24. The van der Waals surface area contributed by atoms with E-state index in [4.69, 9.17) is 14.2 Å². The second kappa shape index (κ2) is 4.42. The molecule has 1 spiro atoms. The first-order chi connectivity index (χ1) is 8.27. The van der Waals surface area contributed by atoms with Crippen molar-refractivity contribution in [3.63, 3.8) is 0 Å². The highest BCUT2D eigenvalue weighted by Gasteiger charge is 2.45. The van der Waals surface area contributed by atoms with Gasteiger partial charge in [-0.15, -0.1) is 0 Å². The summed E-state index contributed by atoms with van der Waals surface area (Å²) in [7, 11) is 0. The van der Waals surface area contributed by atoms with E-state index < -0.39 is 0 Å². The Morgan fingerprint density at radius 1 is 1.18 bits per heavy atom. The quantitative estimate of drug-likeness (QED) is 0.700. The highest BCUT2D eigenvalue weighted by molar-refractivity contribution is 5.90. The standard InChI is InChI=1S/C13H18O4/c14-10-4-7-15-11(8-10)12-9-16-13(17-12)5-2-1-3-6-13/h4,7,11-12H,1-3,5-6,8-9H2/t11-,12+/m0/s1. The fraction of sp³-hybridized carbons (Fsp3) is 0.769. The second-order valence-corrected chi connectivity index (χ2v) is 5.09. The molecule has 0 aromatic rings. The van der Waals surface area contributed by atoms with Gasteiger partial charge in [-0.3, -0.25) is 4.79 Å². The molecule has 1 saturated carbocycles. The van der Waals surface area contributed by atoms with Crippen molar-refractivity contribution >= 4 is 5.78 Å². The molecular weight excluding hydrogens is 220 g/mol. The van der Waals surface area contributed by atoms with Gasteiger partial charge in [-0.1, -0.05) is 6.42 Å². The van der Waals surface area contributed by atoms with Gasteiger partial charge in [0.25, 0.3) is 0 Å². The molecule has 0 amide bonds. The minimum Gasteiger partial charge on any atom is -0.495 e. The maximum atomic E-state index is 11.3. The summed E-state index contributed by atoms with van der Waals surface area (Å²) in [6.07, 6.45) is 8.62. The Bertz CT molecular complexity index is 330. The molecule has 2 heterocycles. The third-order valence-corrected chi connectivity index (χ3v) is 3.82. The second-order valence-electron chi connectivity index (χ2n) is 5.09. The number of hydrogen-bond acceptors (Lipinski definition) is 4. The molecule has 2 atom stereocenters. The normalized spacial score (nSPS) is 36.1. The summed E-state index contributed by atoms with van der Waals surface area (Å²) >= 11 is 0.